The maximum atomic E-state index is 6.50. The second kappa shape index (κ2) is 4.44. The van der Waals surface area contributed by atoms with Gasteiger partial charge in [-0.1, -0.05) is 6.07 Å². The molecule has 2 heterocycles. The second-order valence-electron chi connectivity index (χ2n) is 7.32. The van der Waals surface area contributed by atoms with Crippen molar-refractivity contribution < 1.29 is 14.2 Å². The fraction of sp³-hybridized carbons (Fsp3) is 0.579. The summed E-state index contributed by atoms with van der Waals surface area (Å²) in [5.41, 5.74) is 2.92. The Morgan fingerprint density at radius 3 is 2.91 bits per heavy atom. The van der Waals surface area contributed by atoms with Crippen molar-refractivity contribution in [2.75, 3.05) is 27.8 Å². The van der Waals surface area contributed by atoms with Gasteiger partial charge in [-0.05, 0) is 56.5 Å². The van der Waals surface area contributed by atoms with E-state index in [2.05, 4.69) is 30.2 Å². The van der Waals surface area contributed by atoms with Crippen molar-refractivity contribution in [3.05, 3.63) is 35.1 Å². The molecule has 1 aromatic rings. The zero-order chi connectivity index (χ0) is 15.8. The Bertz CT molecular complexity index is 713. The normalized spacial score (nSPS) is 36.8. The second-order valence-corrected chi connectivity index (χ2v) is 7.32. The van der Waals surface area contributed by atoms with Gasteiger partial charge >= 0.3 is 0 Å². The third-order valence-corrected chi connectivity index (χ3v) is 6.66. The maximum absolute atomic E-state index is 6.50. The molecule has 0 radical (unpaired) electrons. The van der Waals surface area contributed by atoms with Gasteiger partial charge in [-0.2, -0.15) is 0 Å². The molecule has 1 fully saturated rings. The van der Waals surface area contributed by atoms with Gasteiger partial charge in [-0.15, -0.1) is 0 Å². The Morgan fingerprint density at radius 2 is 2.13 bits per heavy atom. The molecule has 4 nitrogen and oxygen atoms in total. The number of methoxy groups -OCH3 is 2. The molecule has 0 N–H and O–H groups in total. The quantitative estimate of drug-likeness (QED) is 0.839. The number of likely N-dealkylation sites (N-methyl/N-ethyl adjacent to an activating group) is 1. The predicted molar refractivity (Wildman–Crippen MR) is 87.0 cm³/mol. The van der Waals surface area contributed by atoms with Gasteiger partial charge in [0.25, 0.3) is 0 Å². The standard InChI is InChI=1S/C19H23NO3/c1-20-9-8-19-12-5-7-15(22-3)18(19)23-17-14(21-2)6-4-11(16(17)19)10-13(12)20/h4,6-7,12-13,18H,5,8-10H2,1-3H3/t12?,13?,18-,19-/m0/s1. The van der Waals surface area contributed by atoms with Crippen LogP contribution in [0, 0.1) is 5.92 Å². The summed E-state index contributed by atoms with van der Waals surface area (Å²) in [6.07, 6.45) is 5.58. The summed E-state index contributed by atoms with van der Waals surface area (Å²) in [6, 6.07) is 4.91. The third kappa shape index (κ3) is 1.46. The average molecular weight is 313 g/mol. The number of piperidine rings is 1. The highest BCUT2D eigenvalue weighted by Crippen LogP contribution is 2.63. The van der Waals surface area contributed by atoms with Gasteiger partial charge in [-0.25, -0.2) is 0 Å². The summed E-state index contributed by atoms with van der Waals surface area (Å²) in [6.45, 7) is 1.12. The van der Waals surface area contributed by atoms with Crippen LogP contribution in [0.1, 0.15) is 24.0 Å². The van der Waals surface area contributed by atoms with Crippen LogP contribution in [0.5, 0.6) is 11.5 Å². The molecule has 0 aromatic heterocycles. The minimum absolute atomic E-state index is 0.00722. The number of hydrogen-bond donors (Lipinski definition) is 0. The summed E-state index contributed by atoms with van der Waals surface area (Å²) in [5, 5.41) is 0. The average Bonchev–Trinajstić information content (AvgIpc) is 2.92. The molecule has 2 aliphatic carbocycles. The lowest BCUT2D eigenvalue weighted by Crippen LogP contribution is -2.63. The lowest BCUT2D eigenvalue weighted by molar-refractivity contribution is -0.0267. The summed E-state index contributed by atoms with van der Waals surface area (Å²) in [7, 11) is 5.77. The zero-order valence-electron chi connectivity index (χ0n) is 14.0. The number of hydrogen-bond acceptors (Lipinski definition) is 4. The molecule has 1 aromatic carbocycles. The van der Waals surface area contributed by atoms with Crippen LogP contribution in [0.2, 0.25) is 0 Å². The van der Waals surface area contributed by atoms with E-state index in [1.54, 1.807) is 14.2 Å². The van der Waals surface area contributed by atoms with Crippen LogP contribution < -0.4 is 9.47 Å². The van der Waals surface area contributed by atoms with Gasteiger partial charge in [0, 0.05) is 17.0 Å². The van der Waals surface area contributed by atoms with Gasteiger partial charge < -0.3 is 19.1 Å². The Hall–Kier alpha value is -1.68. The number of allylic oxidation sites excluding steroid dienone is 1. The first kappa shape index (κ1) is 13.7. The minimum Gasteiger partial charge on any atom is -0.497 e. The molecule has 0 saturated carbocycles. The number of likely N-dealkylation sites (tertiary alicyclic amines) is 1. The van der Waals surface area contributed by atoms with E-state index in [1.807, 2.05) is 0 Å². The molecular formula is C19H23NO3. The van der Waals surface area contributed by atoms with Gasteiger partial charge in [0.15, 0.2) is 17.6 Å². The first-order chi connectivity index (χ1) is 11.2. The smallest absolute Gasteiger partial charge is 0.166 e. The van der Waals surface area contributed by atoms with Crippen molar-refractivity contribution >= 4 is 0 Å². The molecule has 1 saturated heterocycles. The first-order valence-electron chi connectivity index (χ1n) is 8.52. The highest BCUT2D eigenvalue weighted by atomic mass is 16.6. The summed E-state index contributed by atoms with van der Waals surface area (Å²) >= 11 is 0. The molecule has 0 amide bonds. The monoisotopic (exact) mass is 313 g/mol. The van der Waals surface area contributed by atoms with Crippen LogP contribution in [0.3, 0.4) is 0 Å². The van der Waals surface area contributed by atoms with E-state index in [0.29, 0.717) is 12.0 Å². The van der Waals surface area contributed by atoms with Crippen molar-refractivity contribution in [2.45, 2.75) is 36.8 Å². The fourth-order valence-electron chi connectivity index (χ4n) is 5.66. The number of rotatable bonds is 2. The molecule has 4 heteroatoms. The Kier molecular flexibility index (Phi) is 2.65. The molecule has 2 unspecified atom stereocenters. The van der Waals surface area contributed by atoms with Crippen molar-refractivity contribution in [1.29, 1.82) is 0 Å². The van der Waals surface area contributed by atoms with Crippen molar-refractivity contribution in [1.82, 2.24) is 4.90 Å². The van der Waals surface area contributed by atoms with Crippen LogP contribution in [0.4, 0.5) is 0 Å². The largest absolute Gasteiger partial charge is 0.497 e. The molecule has 23 heavy (non-hydrogen) atoms. The highest BCUT2D eigenvalue weighted by molar-refractivity contribution is 5.62. The SMILES string of the molecule is COC1=CCC2C3Cc4ccc(OC)c5c4[C@@]2(CCN3C)[C@H]1O5. The van der Waals surface area contributed by atoms with Gasteiger partial charge in [0.2, 0.25) is 0 Å². The van der Waals surface area contributed by atoms with Crippen molar-refractivity contribution in [3.8, 4) is 11.5 Å². The minimum atomic E-state index is 0.00722. The van der Waals surface area contributed by atoms with E-state index in [4.69, 9.17) is 14.2 Å². The molecule has 5 rings (SSSR count). The Labute approximate surface area is 137 Å². The molecular weight excluding hydrogens is 290 g/mol. The third-order valence-electron chi connectivity index (χ3n) is 6.66. The molecule has 2 bridgehead atoms. The molecule has 2 aliphatic heterocycles. The van der Waals surface area contributed by atoms with E-state index in [1.165, 1.54) is 11.1 Å². The zero-order valence-corrected chi connectivity index (χ0v) is 14.0. The maximum Gasteiger partial charge on any atom is 0.166 e. The van der Waals surface area contributed by atoms with E-state index >= 15 is 0 Å². The highest BCUT2D eigenvalue weighted by Gasteiger charge is 2.64. The summed E-state index contributed by atoms with van der Waals surface area (Å²) < 4.78 is 17.8. The van der Waals surface area contributed by atoms with Crippen LogP contribution in [0.15, 0.2) is 24.0 Å². The van der Waals surface area contributed by atoms with Gasteiger partial charge in [0.05, 0.1) is 14.2 Å². The lowest BCUT2D eigenvalue weighted by atomic mass is 9.53. The van der Waals surface area contributed by atoms with Crippen LogP contribution in [0.25, 0.3) is 0 Å². The number of nitrogens with zero attached hydrogens (tertiary/aromatic N) is 1. The number of ether oxygens (including phenoxy) is 3. The topological polar surface area (TPSA) is 30.9 Å². The molecule has 4 aliphatic rings. The molecule has 1 spiro atoms. The lowest BCUT2D eigenvalue weighted by Gasteiger charge is -2.56. The summed E-state index contributed by atoms with van der Waals surface area (Å²) in [4.78, 5) is 2.55. The van der Waals surface area contributed by atoms with Crippen LogP contribution >= 0.6 is 0 Å². The van der Waals surface area contributed by atoms with Crippen molar-refractivity contribution in [3.63, 3.8) is 0 Å². The van der Waals surface area contributed by atoms with E-state index in [-0.39, 0.29) is 11.5 Å². The van der Waals surface area contributed by atoms with Crippen molar-refractivity contribution in [2.24, 2.45) is 5.92 Å². The Balaban J connectivity index is 1.80. The molecule has 122 valence electrons. The first-order valence-corrected chi connectivity index (χ1v) is 8.52. The van der Waals surface area contributed by atoms with E-state index in [9.17, 15) is 0 Å². The van der Waals surface area contributed by atoms with Gasteiger partial charge in [0.1, 0.15) is 5.76 Å². The molecule has 4 atom stereocenters. The fourth-order valence-corrected chi connectivity index (χ4v) is 5.66. The van der Waals surface area contributed by atoms with E-state index in [0.717, 1.165) is 43.1 Å². The Morgan fingerprint density at radius 1 is 1.26 bits per heavy atom. The van der Waals surface area contributed by atoms with E-state index < -0.39 is 0 Å². The van der Waals surface area contributed by atoms with Crippen LogP contribution in [-0.4, -0.2) is 44.9 Å². The van der Waals surface area contributed by atoms with Gasteiger partial charge in [-0.3, -0.25) is 0 Å². The number of benzene rings is 1. The summed E-state index contributed by atoms with van der Waals surface area (Å²) in [5.74, 6) is 3.42. The predicted octanol–water partition coefficient (Wildman–Crippen LogP) is 2.50. The van der Waals surface area contributed by atoms with Crippen LogP contribution in [-0.2, 0) is 16.6 Å².